The number of hydrogen-bond donors (Lipinski definition) is 2. The van der Waals surface area contributed by atoms with E-state index in [0.29, 0.717) is 33.5 Å². The van der Waals surface area contributed by atoms with E-state index in [1.54, 1.807) is 31.2 Å². The first kappa shape index (κ1) is 16.6. The molecule has 0 aliphatic carbocycles. The Labute approximate surface area is 137 Å². The molecule has 0 aliphatic rings. The molecule has 5 nitrogen and oxygen atoms in total. The molecule has 0 radical (unpaired) electrons. The predicted octanol–water partition coefficient (Wildman–Crippen LogP) is 3.02. The maximum Gasteiger partial charge on any atom is 0.254 e. The van der Waals surface area contributed by atoms with Crippen LogP contribution in [0, 0.1) is 6.92 Å². The summed E-state index contributed by atoms with van der Waals surface area (Å²) in [7, 11) is 0. The number of halogens is 1. The van der Waals surface area contributed by atoms with Crippen LogP contribution in [0.3, 0.4) is 0 Å². The number of rotatable bonds is 5. The number of nitrogens with one attached hydrogen (secondary N) is 2. The Kier molecular flexibility index (Phi) is 5.63. The number of carbonyl (C=O) groups is 1. The molecule has 0 saturated carbocycles. The summed E-state index contributed by atoms with van der Waals surface area (Å²) in [6.07, 6.45) is 2.39. The number of anilines is 1. The van der Waals surface area contributed by atoms with Gasteiger partial charge in [-0.25, -0.2) is 4.98 Å². The lowest BCUT2D eigenvalue weighted by Crippen LogP contribution is -2.20. The highest BCUT2D eigenvalue weighted by Gasteiger charge is 2.10. The van der Waals surface area contributed by atoms with E-state index in [-0.39, 0.29) is 17.9 Å². The van der Waals surface area contributed by atoms with Crippen LogP contribution in [0.25, 0.3) is 0 Å². The maximum atomic E-state index is 12.0. The second kappa shape index (κ2) is 7.47. The minimum absolute atomic E-state index is 0.171. The van der Waals surface area contributed by atoms with Gasteiger partial charge in [0, 0.05) is 28.4 Å². The van der Waals surface area contributed by atoms with Gasteiger partial charge in [0.2, 0.25) is 5.91 Å². The average molecular weight is 338 g/mol. The molecule has 7 heteroatoms. The van der Waals surface area contributed by atoms with Crippen molar-refractivity contribution in [3.8, 4) is 0 Å². The Hall–Kier alpha value is -1.79. The van der Waals surface area contributed by atoms with Crippen LogP contribution in [0.1, 0.15) is 17.7 Å². The average Bonchev–Trinajstić information content (AvgIpc) is 2.46. The van der Waals surface area contributed by atoms with Gasteiger partial charge in [0.15, 0.2) is 5.16 Å². The van der Waals surface area contributed by atoms with Crippen molar-refractivity contribution >= 4 is 35.0 Å². The zero-order chi connectivity index (χ0) is 16.1. The highest BCUT2D eigenvalue weighted by Crippen LogP contribution is 2.15. The van der Waals surface area contributed by atoms with Crippen molar-refractivity contribution in [2.45, 2.75) is 24.9 Å². The van der Waals surface area contributed by atoms with Crippen molar-refractivity contribution in [1.29, 1.82) is 0 Å². The largest absolute Gasteiger partial charge is 0.326 e. The zero-order valence-electron chi connectivity index (χ0n) is 12.3. The molecule has 0 aliphatic heterocycles. The van der Waals surface area contributed by atoms with Gasteiger partial charge in [0.05, 0.1) is 0 Å². The molecule has 1 aromatic heterocycles. The van der Waals surface area contributed by atoms with Crippen LogP contribution < -0.4 is 10.9 Å². The molecular formula is C15H16ClN3O2S. The van der Waals surface area contributed by atoms with Crippen molar-refractivity contribution in [2.75, 3.05) is 11.6 Å². The summed E-state index contributed by atoms with van der Waals surface area (Å²) in [4.78, 5) is 30.9. The van der Waals surface area contributed by atoms with Crippen molar-refractivity contribution in [2.24, 2.45) is 0 Å². The van der Waals surface area contributed by atoms with E-state index in [4.69, 9.17) is 11.6 Å². The molecule has 0 fully saturated rings. The molecule has 1 heterocycles. The number of carbonyl (C=O) groups excluding carboxylic acids is 1. The van der Waals surface area contributed by atoms with E-state index in [9.17, 15) is 9.59 Å². The van der Waals surface area contributed by atoms with E-state index in [1.165, 1.54) is 11.8 Å². The Morgan fingerprint density at radius 1 is 1.45 bits per heavy atom. The maximum absolute atomic E-state index is 12.0. The molecule has 1 amide bonds. The van der Waals surface area contributed by atoms with E-state index >= 15 is 0 Å². The number of benzene rings is 1. The Bertz CT molecular complexity index is 746. The molecule has 0 atom stereocenters. The van der Waals surface area contributed by atoms with Crippen molar-refractivity contribution in [3.63, 3.8) is 0 Å². The van der Waals surface area contributed by atoms with Crippen LogP contribution in [-0.4, -0.2) is 22.1 Å². The van der Waals surface area contributed by atoms with E-state index in [2.05, 4.69) is 15.3 Å². The lowest BCUT2D eigenvalue weighted by Gasteiger charge is -2.07. The summed E-state index contributed by atoms with van der Waals surface area (Å²) in [5.74, 6) is -0.171. The van der Waals surface area contributed by atoms with Crippen LogP contribution in [0.4, 0.5) is 5.69 Å². The first-order valence-electron chi connectivity index (χ1n) is 6.69. The third-order valence-corrected chi connectivity index (χ3v) is 3.92. The summed E-state index contributed by atoms with van der Waals surface area (Å²) in [5.41, 5.74) is 1.65. The Morgan fingerprint density at radius 3 is 2.86 bits per heavy atom. The number of aromatic nitrogens is 2. The number of H-pyrrole nitrogens is 1. The summed E-state index contributed by atoms with van der Waals surface area (Å²) < 4.78 is 0. The fourth-order valence-corrected chi connectivity index (χ4v) is 2.62. The van der Waals surface area contributed by atoms with E-state index < -0.39 is 0 Å². The van der Waals surface area contributed by atoms with E-state index in [1.807, 2.05) is 6.26 Å². The second-order valence-corrected chi connectivity index (χ2v) is 5.93. The van der Waals surface area contributed by atoms with Crippen LogP contribution in [0.2, 0.25) is 5.02 Å². The van der Waals surface area contributed by atoms with E-state index in [0.717, 1.165) is 0 Å². The topological polar surface area (TPSA) is 74.8 Å². The summed E-state index contributed by atoms with van der Waals surface area (Å²) in [5, 5.41) is 3.89. The number of nitrogens with zero attached hydrogens (tertiary/aromatic N) is 1. The molecular weight excluding hydrogens is 322 g/mol. The van der Waals surface area contributed by atoms with Crippen LogP contribution in [0.15, 0.2) is 34.2 Å². The quantitative estimate of drug-likeness (QED) is 0.649. The smallest absolute Gasteiger partial charge is 0.254 e. The molecule has 116 valence electrons. The molecule has 0 unspecified atom stereocenters. The second-order valence-electron chi connectivity index (χ2n) is 4.70. The van der Waals surface area contributed by atoms with Crippen LogP contribution >= 0.6 is 23.4 Å². The van der Waals surface area contributed by atoms with Gasteiger partial charge in [-0.2, -0.15) is 0 Å². The molecule has 22 heavy (non-hydrogen) atoms. The Balaban J connectivity index is 2.01. The SMILES string of the molecule is CSc1nc(C)c(CCC(=O)Nc2cccc(Cl)c2)c(=O)[nH]1. The molecule has 1 aromatic carbocycles. The van der Waals surface area contributed by atoms with Crippen molar-refractivity contribution in [1.82, 2.24) is 9.97 Å². The summed E-state index contributed by atoms with van der Waals surface area (Å²) >= 11 is 7.24. The first-order valence-corrected chi connectivity index (χ1v) is 8.29. The van der Waals surface area contributed by atoms with Gasteiger partial charge in [0.1, 0.15) is 0 Å². The fourth-order valence-electron chi connectivity index (χ4n) is 2.00. The number of aromatic amines is 1. The minimum atomic E-state index is -0.188. The first-order chi connectivity index (χ1) is 10.5. The standard InChI is InChI=1S/C15H16ClN3O2S/c1-9-12(14(21)19-15(17-9)22-2)6-7-13(20)18-11-5-3-4-10(16)8-11/h3-5,8H,6-7H2,1-2H3,(H,18,20)(H,17,19,21). The lowest BCUT2D eigenvalue weighted by atomic mass is 10.1. The molecule has 0 spiro atoms. The van der Waals surface area contributed by atoms with Crippen molar-refractivity contribution in [3.05, 3.63) is 50.9 Å². The molecule has 0 saturated heterocycles. The third-order valence-electron chi connectivity index (χ3n) is 3.10. The summed E-state index contributed by atoms with van der Waals surface area (Å²) in [6.45, 7) is 1.78. The lowest BCUT2D eigenvalue weighted by molar-refractivity contribution is -0.116. The number of aryl methyl sites for hydroxylation is 1. The molecule has 0 bridgehead atoms. The molecule has 2 N–H and O–H groups in total. The fraction of sp³-hybridized carbons (Fsp3) is 0.267. The Morgan fingerprint density at radius 2 is 2.23 bits per heavy atom. The van der Waals surface area contributed by atoms with Crippen LogP contribution in [-0.2, 0) is 11.2 Å². The minimum Gasteiger partial charge on any atom is -0.326 e. The zero-order valence-corrected chi connectivity index (χ0v) is 13.8. The van der Waals surface area contributed by atoms with Gasteiger partial charge in [-0.1, -0.05) is 29.4 Å². The number of amides is 1. The third kappa shape index (κ3) is 4.35. The van der Waals surface area contributed by atoms with Gasteiger partial charge in [-0.3, -0.25) is 9.59 Å². The van der Waals surface area contributed by atoms with Crippen molar-refractivity contribution < 1.29 is 4.79 Å². The number of thioether (sulfide) groups is 1. The molecule has 2 rings (SSSR count). The molecule has 2 aromatic rings. The van der Waals surface area contributed by atoms with Gasteiger partial charge >= 0.3 is 0 Å². The highest BCUT2D eigenvalue weighted by molar-refractivity contribution is 7.98. The monoisotopic (exact) mass is 337 g/mol. The van der Waals surface area contributed by atoms with Gasteiger partial charge < -0.3 is 10.3 Å². The summed E-state index contributed by atoms with van der Waals surface area (Å²) in [6, 6.07) is 6.93. The van der Waals surface area contributed by atoms with Gasteiger partial charge in [-0.05, 0) is 37.8 Å². The van der Waals surface area contributed by atoms with Crippen LogP contribution in [0.5, 0.6) is 0 Å². The normalized spacial score (nSPS) is 10.5. The van der Waals surface area contributed by atoms with Gasteiger partial charge in [0.25, 0.3) is 5.56 Å². The number of hydrogen-bond acceptors (Lipinski definition) is 4. The predicted molar refractivity (Wildman–Crippen MR) is 89.8 cm³/mol. The highest BCUT2D eigenvalue weighted by atomic mass is 35.5. The van der Waals surface area contributed by atoms with Gasteiger partial charge in [-0.15, -0.1) is 0 Å².